The Kier molecular flexibility index (Phi) is 4.39. The van der Waals surface area contributed by atoms with Gasteiger partial charge in [-0.1, -0.05) is 11.6 Å². The summed E-state index contributed by atoms with van der Waals surface area (Å²) in [6.07, 6.45) is 3.01. The average Bonchev–Trinajstić information content (AvgIpc) is 2.60. The summed E-state index contributed by atoms with van der Waals surface area (Å²) in [6.45, 7) is 1.61. The molecule has 3 rings (SSSR count). The van der Waals surface area contributed by atoms with Crippen LogP contribution in [0.4, 0.5) is 0 Å². The number of amides is 1. The van der Waals surface area contributed by atoms with Crippen LogP contribution in [0.15, 0.2) is 63.1 Å². The van der Waals surface area contributed by atoms with Gasteiger partial charge in [-0.15, -0.1) is 0 Å². The highest BCUT2D eigenvalue weighted by Crippen LogP contribution is 2.19. The number of nitrogens with one attached hydrogen (secondary N) is 1. The molecule has 120 valence electrons. The number of benzene rings is 1. The first-order valence-corrected chi connectivity index (χ1v) is 7.41. The Morgan fingerprint density at radius 3 is 2.71 bits per heavy atom. The van der Waals surface area contributed by atoms with Crippen molar-refractivity contribution in [3.05, 3.63) is 75.4 Å². The van der Waals surface area contributed by atoms with Crippen molar-refractivity contribution in [2.24, 2.45) is 5.10 Å². The van der Waals surface area contributed by atoms with Gasteiger partial charge in [-0.3, -0.25) is 9.78 Å². The largest absolute Gasteiger partial charge is 0.422 e. The standard InChI is InChI=1S/C17H12ClN3O3/c1-10(20-21-16(22)11-4-6-19-7-5-11)14-9-12-8-13(18)2-3-15(12)24-17(14)23/h2-9H,1H3,(H,21,22). The van der Waals surface area contributed by atoms with Gasteiger partial charge in [0.15, 0.2) is 0 Å². The first-order chi connectivity index (χ1) is 11.5. The molecule has 0 spiro atoms. The van der Waals surface area contributed by atoms with Crippen LogP contribution in [0.2, 0.25) is 5.02 Å². The summed E-state index contributed by atoms with van der Waals surface area (Å²) in [4.78, 5) is 27.9. The minimum absolute atomic E-state index is 0.250. The monoisotopic (exact) mass is 341 g/mol. The van der Waals surface area contributed by atoms with Crippen LogP contribution >= 0.6 is 11.6 Å². The lowest BCUT2D eigenvalue weighted by Crippen LogP contribution is -2.21. The fourth-order valence-corrected chi connectivity index (χ4v) is 2.29. The number of nitrogens with zero attached hydrogens (tertiary/aromatic N) is 2. The van der Waals surface area contributed by atoms with Gasteiger partial charge >= 0.3 is 5.63 Å². The maximum Gasteiger partial charge on any atom is 0.345 e. The summed E-state index contributed by atoms with van der Waals surface area (Å²) >= 11 is 5.95. The third-order valence-corrected chi connectivity index (χ3v) is 3.59. The molecule has 0 atom stereocenters. The molecule has 0 radical (unpaired) electrons. The third-order valence-electron chi connectivity index (χ3n) is 3.35. The van der Waals surface area contributed by atoms with Gasteiger partial charge in [0.2, 0.25) is 0 Å². The van der Waals surface area contributed by atoms with E-state index >= 15 is 0 Å². The minimum Gasteiger partial charge on any atom is -0.422 e. The van der Waals surface area contributed by atoms with E-state index in [1.807, 2.05) is 0 Å². The number of hydrogen-bond donors (Lipinski definition) is 1. The van der Waals surface area contributed by atoms with Crippen molar-refractivity contribution in [3.8, 4) is 0 Å². The second-order valence-corrected chi connectivity index (χ2v) is 5.44. The Morgan fingerprint density at radius 2 is 1.96 bits per heavy atom. The number of aromatic nitrogens is 1. The summed E-state index contributed by atoms with van der Waals surface area (Å²) in [7, 11) is 0. The zero-order valence-electron chi connectivity index (χ0n) is 12.6. The highest BCUT2D eigenvalue weighted by atomic mass is 35.5. The van der Waals surface area contributed by atoms with Gasteiger partial charge in [-0.2, -0.15) is 5.10 Å². The van der Waals surface area contributed by atoms with Crippen molar-refractivity contribution >= 4 is 34.2 Å². The van der Waals surface area contributed by atoms with Gasteiger partial charge < -0.3 is 4.42 Å². The smallest absolute Gasteiger partial charge is 0.345 e. The van der Waals surface area contributed by atoms with E-state index in [1.165, 1.54) is 12.4 Å². The molecule has 0 aliphatic rings. The van der Waals surface area contributed by atoms with Crippen LogP contribution in [0.3, 0.4) is 0 Å². The molecule has 2 aromatic heterocycles. The molecule has 1 amide bonds. The molecule has 24 heavy (non-hydrogen) atoms. The van der Waals surface area contributed by atoms with Crippen molar-refractivity contribution in [1.82, 2.24) is 10.4 Å². The lowest BCUT2D eigenvalue weighted by molar-refractivity contribution is 0.0954. The predicted molar refractivity (Wildman–Crippen MR) is 91.4 cm³/mol. The third kappa shape index (κ3) is 3.33. The molecule has 1 aromatic carbocycles. The Morgan fingerprint density at radius 1 is 1.21 bits per heavy atom. The van der Waals surface area contributed by atoms with Crippen molar-refractivity contribution in [1.29, 1.82) is 0 Å². The number of rotatable bonds is 3. The van der Waals surface area contributed by atoms with Gasteiger partial charge in [0, 0.05) is 28.4 Å². The number of fused-ring (bicyclic) bond motifs is 1. The molecule has 0 saturated heterocycles. The van der Waals surface area contributed by atoms with E-state index in [-0.39, 0.29) is 5.56 Å². The van der Waals surface area contributed by atoms with E-state index < -0.39 is 11.5 Å². The zero-order valence-corrected chi connectivity index (χ0v) is 13.4. The van der Waals surface area contributed by atoms with Crippen molar-refractivity contribution in [2.45, 2.75) is 6.92 Å². The van der Waals surface area contributed by atoms with Crippen LogP contribution in [0.1, 0.15) is 22.8 Å². The molecular formula is C17H12ClN3O3. The van der Waals surface area contributed by atoms with Crippen LogP contribution in [-0.4, -0.2) is 16.6 Å². The average molecular weight is 342 g/mol. The van der Waals surface area contributed by atoms with Crippen LogP contribution in [0.5, 0.6) is 0 Å². The molecule has 0 unspecified atom stereocenters. The van der Waals surface area contributed by atoms with Gasteiger partial charge in [0.05, 0.1) is 11.3 Å². The first-order valence-electron chi connectivity index (χ1n) is 7.03. The second-order valence-electron chi connectivity index (χ2n) is 5.00. The lowest BCUT2D eigenvalue weighted by atomic mass is 10.1. The number of carbonyl (C=O) groups is 1. The molecule has 0 saturated carbocycles. The second kappa shape index (κ2) is 6.64. The van der Waals surface area contributed by atoms with Crippen LogP contribution in [-0.2, 0) is 0 Å². The molecular weight excluding hydrogens is 330 g/mol. The van der Waals surface area contributed by atoms with Crippen molar-refractivity contribution < 1.29 is 9.21 Å². The van der Waals surface area contributed by atoms with Crippen molar-refractivity contribution in [2.75, 3.05) is 0 Å². The number of hydrogen-bond acceptors (Lipinski definition) is 5. The molecule has 0 aliphatic carbocycles. The van der Waals surface area contributed by atoms with Gasteiger partial charge in [-0.25, -0.2) is 10.2 Å². The topological polar surface area (TPSA) is 84.6 Å². The molecule has 0 fully saturated rings. The highest BCUT2D eigenvalue weighted by molar-refractivity contribution is 6.31. The number of carbonyl (C=O) groups excluding carboxylic acids is 1. The summed E-state index contributed by atoms with van der Waals surface area (Å²) in [5.41, 5.74) is 3.29. The minimum atomic E-state index is -0.538. The Labute approximate surface area is 141 Å². The summed E-state index contributed by atoms with van der Waals surface area (Å²) < 4.78 is 5.24. The Bertz CT molecular complexity index is 997. The van der Waals surface area contributed by atoms with E-state index in [0.29, 0.717) is 27.3 Å². The number of pyridine rings is 1. The molecule has 1 N–H and O–H groups in total. The molecule has 0 bridgehead atoms. The van der Waals surface area contributed by atoms with Crippen LogP contribution in [0, 0.1) is 0 Å². The predicted octanol–water partition coefficient (Wildman–Crippen LogP) is 3.00. The molecule has 2 heterocycles. The van der Waals surface area contributed by atoms with E-state index in [2.05, 4.69) is 15.5 Å². The normalized spacial score (nSPS) is 11.5. The SMILES string of the molecule is CC(=NNC(=O)c1ccncc1)c1cc2cc(Cl)ccc2oc1=O. The number of halogens is 1. The fourth-order valence-electron chi connectivity index (χ4n) is 2.11. The van der Waals surface area contributed by atoms with Crippen LogP contribution < -0.4 is 11.1 Å². The fraction of sp³-hybridized carbons (Fsp3) is 0.0588. The van der Waals surface area contributed by atoms with Gasteiger partial charge in [0.25, 0.3) is 5.91 Å². The maximum atomic E-state index is 12.1. The molecule has 3 aromatic rings. The van der Waals surface area contributed by atoms with Gasteiger partial charge in [0.1, 0.15) is 5.58 Å². The summed E-state index contributed by atoms with van der Waals surface area (Å²) in [5, 5.41) is 5.17. The highest BCUT2D eigenvalue weighted by Gasteiger charge is 2.10. The molecule has 7 heteroatoms. The quantitative estimate of drug-likeness (QED) is 0.451. The Balaban J connectivity index is 1.90. The van der Waals surface area contributed by atoms with E-state index in [9.17, 15) is 9.59 Å². The van der Waals surface area contributed by atoms with E-state index in [4.69, 9.17) is 16.0 Å². The first kappa shape index (κ1) is 15.9. The van der Waals surface area contributed by atoms with Gasteiger partial charge in [-0.05, 0) is 43.3 Å². The van der Waals surface area contributed by atoms with E-state index in [1.54, 1.807) is 43.3 Å². The Hall–Kier alpha value is -2.99. The summed E-state index contributed by atoms with van der Waals surface area (Å²) in [6, 6.07) is 9.71. The number of hydrazone groups is 1. The van der Waals surface area contributed by atoms with Crippen LogP contribution in [0.25, 0.3) is 11.0 Å². The lowest BCUT2D eigenvalue weighted by Gasteiger charge is -2.04. The maximum absolute atomic E-state index is 12.1. The molecule has 0 aliphatic heterocycles. The zero-order chi connectivity index (χ0) is 17.1. The summed E-state index contributed by atoms with van der Waals surface area (Å²) in [5.74, 6) is -0.398. The van der Waals surface area contributed by atoms with E-state index in [0.717, 1.165) is 0 Å². The van der Waals surface area contributed by atoms with Crippen molar-refractivity contribution in [3.63, 3.8) is 0 Å². The molecule has 6 nitrogen and oxygen atoms in total.